The van der Waals surface area contributed by atoms with E-state index in [2.05, 4.69) is 0 Å². The minimum atomic E-state index is -3.88. The van der Waals surface area contributed by atoms with Gasteiger partial charge in [0, 0.05) is 19.1 Å². The minimum absolute atomic E-state index is 0.210. The summed E-state index contributed by atoms with van der Waals surface area (Å²) < 4.78 is 36.7. The van der Waals surface area contributed by atoms with Gasteiger partial charge in [-0.15, -0.1) is 0 Å². The molecule has 1 fully saturated rings. The molecule has 1 aliphatic carbocycles. The molecule has 112 valence electrons. The number of nitrogens with zero attached hydrogens (tertiary/aromatic N) is 1. The molecular weight excluding hydrogens is 281 g/mol. The van der Waals surface area contributed by atoms with Gasteiger partial charge in [-0.25, -0.2) is 17.9 Å². The van der Waals surface area contributed by atoms with Gasteiger partial charge in [-0.1, -0.05) is 12.8 Å². The van der Waals surface area contributed by atoms with Gasteiger partial charge in [0.15, 0.2) is 0 Å². The third kappa shape index (κ3) is 3.28. The summed E-state index contributed by atoms with van der Waals surface area (Å²) in [4.78, 5) is 1.73. The fourth-order valence-corrected chi connectivity index (χ4v) is 3.28. The number of benzene rings is 1. The summed E-state index contributed by atoms with van der Waals surface area (Å²) in [6.07, 6.45) is 4.28. The number of hydrogen-bond acceptors (Lipinski definition) is 4. The number of primary sulfonamides is 1. The average Bonchev–Trinajstić information content (AvgIpc) is 2.89. The van der Waals surface area contributed by atoms with Crippen LogP contribution >= 0.6 is 0 Å². The molecule has 1 saturated carbocycles. The van der Waals surface area contributed by atoms with Crippen molar-refractivity contribution in [3.63, 3.8) is 0 Å². The number of nitrogens with two attached hydrogens (primary N) is 2. The quantitative estimate of drug-likeness (QED) is 0.854. The standard InChI is InChI=1S/C13H20FN3O2S/c14-12-9-11(20(16,18)19)5-6-13(12)17(8-7-15)10-3-1-2-4-10/h5-6,9-10H,1-4,7-8,15H2,(H2,16,18,19). The van der Waals surface area contributed by atoms with E-state index in [-0.39, 0.29) is 10.9 Å². The van der Waals surface area contributed by atoms with Crippen LogP contribution in [-0.4, -0.2) is 27.5 Å². The van der Waals surface area contributed by atoms with E-state index in [1.807, 2.05) is 4.90 Å². The zero-order chi connectivity index (χ0) is 14.8. The van der Waals surface area contributed by atoms with Crippen molar-refractivity contribution < 1.29 is 12.8 Å². The highest BCUT2D eigenvalue weighted by molar-refractivity contribution is 7.89. The minimum Gasteiger partial charge on any atom is -0.365 e. The molecule has 0 radical (unpaired) electrons. The largest absolute Gasteiger partial charge is 0.365 e. The summed E-state index contributed by atoms with van der Waals surface area (Å²) in [6.45, 7) is 0.975. The maximum absolute atomic E-state index is 14.2. The molecule has 0 aromatic heterocycles. The molecule has 0 spiro atoms. The average molecular weight is 301 g/mol. The molecule has 4 N–H and O–H groups in total. The van der Waals surface area contributed by atoms with E-state index in [1.165, 1.54) is 12.1 Å². The Balaban J connectivity index is 2.33. The summed E-state index contributed by atoms with van der Waals surface area (Å²) >= 11 is 0. The van der Waals surface area contributed by atoms with Gasteiger partial charge in [0.25, 0.3) is 0 Å². The number of rotatable bonds is 5. The molecule has 1 aliphatic rings. The maximum atomic E-state index is 14.2. The monoisotopic (exact) mass is 301 g/mol. The van der Waals surface area contributed by atoms with Crippen LogP contribution in [0.1, 0.15) is 25.7 Å². The van der Waals surface area contributed by atoms with E-state index in [9.17, 15) is 12.8 Å². The molecule has 7 heteroatoms. The van der Waals surface area contributed by atoms with Crippen LogP contribution in [0.15, 0.2) is 23.1 Å². The first-order valence-electron chi connectivity index (χ1n) is 6.72. The van der Waals surface area contributed by atoms with Crippen molar-refractivity contribution in [1.29, 1.82) is 0 Å². The van der Waals surface area contributed by atoms with E-state index < -0.39 is 15.8 Å². The van der Waals surface area contributed by atoms with Gasteiger partial charge in [-0.05, 0) is 31.0 Å². The SMILES string of the molecule is NCCN(c1ccc(S(N)(=O)=O)cc1F)C1CCCC1. The van der Waals surface area contributed by atoms with Crippen molar-refractivity contribution in [1.82, 2.24) is 0 Å². The van der Waals surface area contributed by atoms with Gasteiger partial charge < -0.3 is 10.6 Å². The Morgan fingerprint density at radius 3 is 2.45 bits per heavy atom. The van der Waals surface area contributed by atoms with Gasteiger partial charge in [-0.3, -0.25) is 0 Å². The predicted octanol–water partition coefficient (Wildman–Crippen LogP) is 1.18. The first kappa shape index (κ1) is 15.2. The lowest BCUT2D eigenvalue weighted by Gasteiger charge is -2.31. The lowest BCUT2D eigenvalue weighted by atomic mass is 10.1. The van der Waals surface area contributed by atoms with Crippen LogP contribution in [0.25, 0.3) is 0 Å². The Morgan fingerprint density at radius 2 is 1.95 bits per heavy atom. The Kier molecular flexibility index (Phi) is 4.62. The zero-order valence-corrected chi connectivity index (χ0v) is 12.1. The highest BCUT2D eigenvalue weighted by Gasteiger charge is 2.25. The first-order chi connectivity index (χ1) is 9.43. The van der Waals surface area contributed by atoms with Gasteiger partial charge in [0.05, 0.1) is 10.6 Å². The fraction of sp³-hybridized carbons (Fsp3) is 0.538. The molecule has 2 rings (SSSR count). The molecule has 0 bridgehead atoms. The smallest absolute Gasteiger partial charge is 0.238 e. The van der Waals surface area contributed by atoms with Crippen LogP contribution in [0.2, 0.25) is 0 Å². The molecule has 0 unspecified atom stereocenters. The van der Waals surface area contributed by atoms with E-state index in [4.69, 9.17) is 10.9 Å². The van der Waals surface area contributed by atoms with Crippen LogP contribution < -0.4 is 15.8 Å². The summed E-state index contributed by atoms with van der Waals surface area (Å²) in [5, 5.41) is 5.00. The second-order valence-corrected chi connectivity index (χ2v) is 6.64. The molecular formula is C13H20FN3O2S. The van der Waals surface area contributed by atoms with Gasteiger partial charge >= 0.3 is 0 Å². The number of anilines is 1. The Bertz CT molecular complexity index is 571. The molecule has 5 nitrogen and oxygen atoms in total. The van der Waals surface area contributed by atoms with Gasteiger partial charge in [0.2, 0.25) is 10.0 Å². The summed E-state index contributed by atoms with van der Waals surface area (Å²) in [6, 6.07) is 4.06. The molecule has 0 aliphatic heterocycles. The van der Waals surface area contributed by atoms with E-state index in [0.29, 0.717) is 18.8 Å². The van der Waals surface area contributed by atoms with Crippen molar-refractivity contribution in [2.75, 3.05) is 18.0 Å². The van der Waals surface area contributed by atoms with E-state index >= 15 is 0 Å². The number of halogens is 1. The summed E-state index contributed by atoms with van der Waals surface area (Å²) in [5.41, 5.74) is 6.00. The van der Waals surface area contributed by atoms with E-state index in [0.717, 1.165) is 31.7 Å². The normalized spacial score (nSPS) is 16.6. The Hall–Kier alpha value is -1.18. The molecule has 0 saturated heterocycles. The Labute approximate surface area is 118 Å². The first-order valence-corrected chi connectivity index (χ1v) is 8.27. The summed E-state index contributed by atoms with van der Waals surface area (Å²) in [7, 11) is -3.88. The van der Waals surface area contributed by atoms with Crippen molar-refractivity contribution in [2.45, 2.75) is 36.6 Å². The Morgan fingerprint density at radius 1 is 1.30 bits per heavy atom. The maximum Gasteiger partial charge on any atom is 0.238 e. The second-order valence-electron chi connectivity index (χ2n) is 5.08. The predicted molar refractivity (Wildman–Crippen MR) is 76.4 cm³/mol. The van der Waals surface area contributed by atoms with E-state index in [1.54, 1.807) is 0 Å². The van der Waals surface area contributed by atoms with Crippen LogP contribution in [0.3, 0.4) is 0 Å². The molecule has 0 atom stereocenters. The van der Waals surface area contributed by atoms with Crippen LogP contribution in [0.5, 0.6) is 0 Å². The van der Waals surface area contributed by atoms with Crippen LogP contribution in [0, 0.1) is 5.82 Å². The van der Waals surface area contributed by atoms with Crippen molar-refractivity contribution in [2.24, 2.45) is 10.9 Å². The number of hydrogen-bond donors (Lipinski definition) is 2. The fourth-order valence-electron chi connectivity index (χ4n) is 2.75. The third-order valence-corrected chi connectivity index (χ3v) is 4.60. The molecule has 1 aromatic rings. The zero-order valence-electron chi connectivity index (χ0n) is 11.3. The second kappa shape index (κ2) is 6.07. The topological polar surface area (TPSA) is 89.4 Å². The third-order valence-electron chi connectivity index (χ3n) is 3.69. The van der Waals surface area contributed by atoms with Crippen LogP contribution in [-0.2, 0) is 10.0 Å². The van der Waals surface area contributed by atoms with Gasteiger partial charge in [-0.2, -0.15) is 0 Å². The van der Waals surface area contributed by atoms with Crippen molar-refractivity contribution in [3.05, 3.63) is 24.0 Å². The highest BCUT2D eigenvalue weighted by Crippen LogP contribution is 2.30. The molecule has 0 heterocycles. The van der Waals surface area contributed by atoms with Crippen molar-refractivity contribution in [3.8, 4) is 0 Å². The lowest BCUT2D eigenvalue weighted by molar-refractivity contribution is 0.567. The van der Waals surface area contributed by atoms with Crippen molar-refractivity contribution >= 4 is 15.7 Å². The lowest BCUT2D eigenvalue weighted by Crippen LogP contribution is -2.38. The molecule has 20 heavy (non-hydrogen) atoms. The molecule has 0 amide bonds. The molecule has 1 aromatic carbocycles. The number of sulfonamides is 1. The van der Waals surface area contributed by atoms with Crippen LogP contribution in [0.4, 0.5) is 10.1 Å². The summed E-state index contributed by atoms with van der Waals surface area (Å²) in [5.74, 6) is -0.572. The van der Waals surface area contributed by atoms with Gasteiger partial charge in [0.1, 0.15) is 5.82 Å². The highest BCUT2D eigenvalue weighted by atomic mass is 32.2.